The molecule has 1 aromatic heterocycles. The molecule has 2 rings (SSSR count). The van der Waals surface area contributed by atoms with Gasteiger partial charge in [-0.05, 0) is 48.8 Å². The maximum atomic E-state index is 12.9. The van der Waals surface area contributed by atoms with Crippen molar-refractivity contribution in [1.82, 2.24) is 15.2 Å². The Kier molecular flexibility index (Phi) is 10.4. The third-order valence-electron chi connectivity index (χ3n) is 5.51. The number of unbranched alkanes of at least 4 members (excludes halogenated alkanes) is 1. The second-order valence-electron chi connectivity index (χ2n) is 7.87. The molecule has 2 aromatic rings. The lowest BCUT2D eigenvalue weighted by Gasteiger charge is -2.17. The summed E-state index contributed by atoms with van der Waals surface area (Å²) in [6.45, 7) is 9.19. The molecule has 0 bridgehead atoms. The van der Waals surface area contributed by atoms with Crippen molar-refractivity contribution < 1.29 is 14.4 Å². The highest BCUT2D eigenvalue weighted by molar-refractivity contribution is 6.38. The van der Waals surface area contributed by atoms with Gasteiger partial charge in [0.15, 0.2) is 0 Å². The molecule has 0 saturated carbocycles. The van der Waals surface area contributed by atoms with Gasteiger partial charge >= 0.3 is 0 Å². The average molecular weight is 451 g/mol. The Labute approximate surface area is 196 Å². The highest BCUT2D eigenvalue weighted by atomic mass is 16.2. The Balaban J connectivity index is 2.15. The van der Waals surface area contributed by atoms with Crippen LogP contribution < -0.4 is 11.1 Å². The zero-order chi connectivity index (χ0) is 24.2. The van der Waals surface area contributed by atoms with Gasteiger partial charge in [-0.1, -0.05) is 64.0 Å². The van der Waals surface area contributed by atoms with Crippen molar-refractivity contribution >= 4 is 29.7 Å². The maximum Gasteiger partial charge on any atom is 0.287 e. The molecule has 0 aliphatic rings. The normalized spacial score (nSPS) is 12.1. The first kappa shape index (κ1) is 25.9. The molecule has 0 aliphatic heterocycles. The summed E-state index contributed by atoms with van der Waals surface area (Å²) in [7, 11) is 0. The van der Waals surface area contributed by atoms with Crippen molar-refractivity contribution in [3.63, 3.8) is 0 Å². The lowest BCUT2D eigenvalue weighted by Crippen LogP contribution is -2.46. The number of pyridine rings is 1. The first-order valence-electron chi connectivity index (χ1n) is 11.5. The zero-order valence-electron chi connectivity index (χ0n) is 19.7. The fourth-order valence-electron chi connectivity index (χ4n) is 3.44. The Bertz CT molecular complexity index is 966. The van der Waals surface area contributed by atoms with E-state index in [1.807, 2.05) is 25.1 Å². The Hall–Kier alpha value is -3.32. The van der Waals surface area contributed by atoms with Gasteiger partial charge < -0.3 is 11.1 Å². The largest absolute Gasteiger partial charge is 0.363 e. The van der Waals surface area contributed by atoms with Crippen LogP contribution in [0.1, 0.15) is 67.2 Å². The van der Waals surface area contributed by atoms with Crippen LogP contribution in [0.4, 0.5) is 0 Å². The fraction of sp³-hybridized carbons (Fsp3) is 0.385. The first-order valence-corrected chi connectivity index (χ1v) is 11.5. The van der Waals surface area contributed by atoms with Gasteiger partial charge in [0.05, 0.1) is 17.3 Å². The number of amides is 2. The Morgan fingerprint density at radius 1 is 1.06 bits per heavy atom. The van der Waals surface area contributed by atoms with Crippen LogP contribution in [0.2, 0.25) is 0 Å². The van der Waals surface area contributed by atoms with Crippen LogP contribution >= 0.6 is 0 Å². The predicted octanol–water partition coefficient (Wildman–Crippen LogP) is 3.44. The van der Waals surface area contributed by atoms with Gasteiger partial charge in [-0.15, -0.1) is 0 Å². The van der Waals surface area contributed by atoms with Crippen LogP contribution in [0.15, 0.2) is 42.6 Å². The van der Waals surface area contributed by atoms with E-state index in [4.69, 9.17) is 5.73 Å². The molecular weight excluding hydrogens is 416 g/mol. The highest BCUT2D eigenvalue weighted by Gasteiger charge is 2.25. The molecule has 176 valence electrons. The molecule has 33 heavy (non-hydrogen) atoms. The van der Waals surface area contributed by atoms with Crippen LogP contribution in [-0.4, -0.2) is 46.6 Å². The number of primary amides is 1. The number of nitrogens with two attached hydrogens (primary N) is 1. The van der Waals surface area contributed by atoms with Crippen molar-refractivity contribution in [3.05, 3.63) is 65.0 Å². The first-order chi connectivity index (χ1) is 15.9. The monoisotopic (exact) mass is 450 g/mol. The fourth-order valence-corrected chi connectivity index (χ4v) is 3.44. The molecule has 3 N–H and O–H groups in total. The van der Waals surface area contributed by atoms with E-state index in [-0.39, 0.29) is 0 Å². The summed E-state index contributed by atoms with van der Waals surface area (Å²) in [5.41, 5.74) is 8.18. The number of aromatic nitrogens is 1. The minimum atomic E-state index is -1.05. The summed E-state index contributed by atoms with van der Waals surface area (Å²) in [6, 6.07) is 10.6. The molecule has 1 aromatic carbocycles. The Morgan fingerprint density at radius 3 is 2.36 bits per heavy atom. The molecule has 1 unspecified atom stereocenters. The number of hydrogen-bond acceptors (Lipinski definition) is 5. The number of carbonyl (C=O) groups excluding carboxylic acids is 3. The van der Waals surface area contributed by atoms with Gasteiger partial charge in [0, 0.05) is 12.7 Å². The molecular formula is C26H34N4O3. The van der Waals surface area contributed by atoms with E-state index in [1.165, 1.54) is 5.56 Å². The SMILES string of the molecule is CCCCC(NC(=O)c1cccnc1C=Cc1ccc(CN(CC)CC)cc1)C(=O)C(N)=O. The van der Waals surface area contributed by atoms with Crippen LogP contribution in [0.5, 0.6) is 0 Å². The molecule has 0 aliphatic carbocycles. The molecule has 7 heteroatoms. The molecule has 7 nitrogen and oxygen atoms in total. The summed E-state index contributed by atoms with van der Waals surface area (Å²) in [5.74, 6) is -2.30. The smallest absolute Gasteiger partial charge is 0.287 e. The summed E-state index contributed by atoms with van der Waals surface area (Å²) in [5, 5.41) is 2.66. The van der Waals surface area contributed by atoms with E-state index in [0.29, 0.717) is 24.1 Å². The maximum absolute atomic E-state index is 12.9. The van der Waals surface area contributed by atoms with Crippen LogP contribution in [0, 0.1) is 0 Å². The number of nitrogens with zero attached hydrogens (tertiary/aromatic N) is 2. The number of benzene rings is 1. The van der Waals surface area contributed by atoms with E-state index in [9.17, 15) is 14.4 Å². The third kappa shape index (κ3) is 7.95. The van der Waals surface area contributed by atoms with Gasteiger partial charge in [0.25, 0.3) is 11.8 Å². The summed E-state index contributed by atoms with van der Waals surface area (Å²) < 4.78 is 0. The number of rotatable bonds is 13. The van der Waals surface area contributed by atoms with E-state index < -0.39 is 23.6 Å². The lowest BCUT2D eigenvalue weighted by molar-refractivity contribution is -0.137. The standard InChI is InChI=1S/C26H34N4O3/c1-4-7-10-23(24(31)25(27)32)29-26(33)21-9-8-17-28-22(21)16-15-19-11-13-20(14-12-19)18-30(5-2)6-3/h8-9,11-17,23H,4-7,10,18H2,1-3H3,(H2,27,32)(H,29,33). The van der Waals surface area contributed by atoms with Gasteiger partial charge in [-0.25, -0.2) is 0 Å². The highest BCUT2D eigenvalue weighted by Crippen LogP contribution is 2.14. The van der Waals surface area contributed by atoms with Crippen molar-refractivity contribution in [1.29, 1.82) is 0 Å². The second kappa shape index (κ2) is 13.3. The number of Topliss-reactive ketones (excluding diaryl/α,β-unsaturated/α-hetero) is 1. The summed E-state index contributed by atoms with van der Waals surface area (Å²) in [4.78, 5) is 43.0. The van der Waals surface area contributed by atoms with Gasteiger partial charge in [-0.3, -0.25) is 24.3 Å². The molecule has 0 radical (unpaired) electrons. The van der Waals surface area contributed by atoms with Crippen molar-refractivity contribution in [2.24, 2.45) is 5.73 Å². The molecule has 0 spiro atoms. The van der Waals surface area contributed by atoms with Crippen LogP contribution in [0.25, 0.3) is 12.2 Å². The molecule has 2 amide bonds. The van der Waals surface area contributed by atoms with Crippen molar-refractivity contribution in [2.45, 2.75) is 52.6 Å². The molecule has 0 fully saturated rings. The van der Waals surface area contributed by atoms with Crippen LogP contribution in [0.3, 0.4) is 0 Å². The molecule has 1 atom stereocenters. The van der Waals surface area contributed by atoms with Crippen LogP contribution in [-0.2, 0) is 16.1 Å². The van der Waals surface area contributed by atoms with Crippen molar-refractivity contribution in [3.8, 4) is 0 Å². The summed E-state index contributed by atoms with van der Waals surface area (Å²) in [6.07, 6.45) is 7.14. The van der Waals surface area contributed by atoms with Gasteiger partial charge in [-0.2, -0.15) is 0 Å². The number of nitrogens with one attached hydrogen (secondary N) is 1. The predicted molar refractivity (Wildman–Crippen MR) is 131 cm³/mol. The van der Waals surface area contributed by atoms with E-state index >= 15 is 0 Å². The van der Waals surface area contributed by atoms with E-state index in [2.05, 4.69) is 41.2 Å². The lowest BCUT2D eigenvalue weighted by atomic mass is 10.0. The number of carbonyl (C=O) groups is 3. The van der Waals surface area contributed by atoms with Gasteiger partial charge in [0.2, 0.25) is 5.78 Å². The minimum absolute atomic E-state index is 0.325. The Morgan fingerprint density at radius 2 is 1.76 bits per heavy atom. The second-order valence-corrected chi connectivity index (χ2v) is 7.87. The zero-order valence-corrected chi connectivity index (χ0v) is 19.7. The quantitative estimate of drug-likeness (QED) is 0.455. The third-order valence-corrected chi connectivity index (χ3v) is 5.51. The van der Waals surface area contributed by atoms with Crippen molar-refractivity contribution in [2.75, 3.05) is 13.1 Å². The molecule has 1 heterocycles. The topological polar surface area (TPSA) is 105 Å². The van der Waals surface area contributed by atoms with Gasteiger partial charge in [0.1, 0.15) is 0 Å². The number of ketones is 1. The average Bonchev–Trinajstić information content (AvgIpc) is 2.84. The van der Waals surface area contributed by atoms with E-state index in [1.54, 1.807) is 24.4 Å². The molecule has 0 saturated heterocycles. The number of hydrogen-bond donors (Lipinski definition) is 2. The minimum Gasteiger partial charge on any atom is -0.363 e. The van der Waals surface area contributed by atoms with E-state index in [0.717, 1.165) is 31.6 Å². The summed E-state index contributed by atoms with van der Waals surface area (Å²) >= 11 is 0.